The fraction of sp³-hybridized carbons (Fsp3) is 0.500. The van der Waals surface area contributed by atoms with Gasteiger partial charge < -0.3 is 10.4 Å². The van der Waals surface area contributed by atoms with Crippen LogP contribution in [-0.4, -0.2) is 22.9 Å². The second kappa shape index (κ2) is 6.14. The van der Waals surface area contributed by atoms with E-state index in [9.17, 15) is 9.90 Å². The molecule has 0 aliphatic heterocycles. The minimum absolute atomic E-state index is 0.0793. The molecule has 5 heteroatoms. The lowest BCUT2D eigenvalue weighted by molar-refractivity contribution is 0.0933. The minimum Gasteiger partial charge on any atom is -0.507 e. The zero-order valence-electron chi connectivity index (χ0n) is 10.6. The van der Waals surface area contributed by atoms with E-state index in [1.54, 1.807) is 12.1 Å². The first-order valence-electron chi connectivity index (χ1n) is 6.39. The number of alkyl halides is 1. The number of hydrogen-bond acceptors (Lipinski definition) is 2. The Bertz CT molecular complexity index is 473. The van der Waals surface area contributed by atoms with Gasteiger partial charge >= 0.3 is 0 Å². The Morgan fingerprint density at radius 1 is 1.42 bits per heavy atom. The number of phenols is 1. The van der Waals surface area contributed by atoms with E-state index in [0.717, 1.165) is 18.2 Å². The Kier molecular flexibility index (Phi) is 4.74. The van der Waals surface area contributed by atoms with E-state index in [1.807, 2.05) is 0 Å². The number of carbonyl (C=O) groups excluding carboxylic acids is 1. The van der Waals surface area contributed by atoms with Crippen LogP contribution in [0.2, 0.25) is 5.02 Å². The normalized spacial score (nSPS) is 17.4. The summed E-state index contributed by atoms with van der Waals surface area (Å²) in [5.41, 5.74) is 0.435. The number of aromatic hydroxyl groups is 1. The highest BCUT2D eigenvalue weighted by Gasteiger charge is 2.33. The third kappa shape index (κ3) is 3.42. The van der Waals surface area contributed by atoms with Crippen LogP contribution in [0.25, 0.3) is 0 Å². The zero-order valence-corrected chi connectivity index (χ0v) is 12.9. The van der Waals surface area contributed by atoms with Gasteiger partial charge in [0.05, 0.1) is 5.56 Å². The summed E-state index contributed by atoms with van der Waals surface area (Å²) >= 11 is 9.29. The largest absolute Gasteiger partial charge is 0.507 e. The summed E-state index contributed by atoms with van der Waals surface area (Å²) in [4.78, 5) is 12.1. The van der Waals surface area contributed by atoms with Crippen molar-refractivity contribution in [1.82, 2.24) is 5.32 Å². The summed E-state index contributed by atoms with van der Waals surface area (Å²) < 4.78 is 0. The lowest BCUT2D eigenvalue weighted by atomic mass is 9.89. The van der Waals surface area contributed by atoms with Gasteiger partial charge in [-0.25, -0.2) is 0 Å². The number of amides is 1. The van der Waals surface area contributed by atoms with Crippen molar-refractivity contribution < 1.29 is 9.90 Å². The summed E-state index contributed by atoms with van der Waals surface area (Å²) in [6.45, 7) is 0.638. The maximum Gasteiger partial charge on any atom is 0.255 e. The minimum atomic E-state index is -0.249. The van der Waals surface area contributed by atoms with Crippen molar-refractivity contribution in [1.29, 1.82) is 0 Å². The molecule has 1 aliphatic rings. The van der Waals surface area contributed by atoms with Crippen molar-refractivity contribution in [3.05, 3.63) is 28.8 Å². The first kappa shape index (κ1) is 14.7. The summed E-state index contributed by atoms with van der Waals surface area (Å²) in [6.07, 6.45) is 4.69. The molecule has 0 saturated heterocycles. The molecule has 0 unspecified atom stereocenters. The van der Waals surface area contributed by atoms with Crippen LogP contribution in [0.5, 0.6) is 5.75 Å². The Balaban J connectivity index is 2.01. The molecule has 3 nitrogen and oxygen atoms in total. The average Bonchev–Trinajstić information content (AvgIpc) is 2.85. The molecule has 2 N–H and O–H groups in total. The van der Waals surface area contributed by atoms with Crippen LogP contribution >= 0.6 is 27.5 Å². The second-order valence-corrected chi connectivity index (χ2v) is 6.18. The van der Waals surface area contributed by atoms with Gasteiger partial charge in [0.1, 0.15) is 5.75 Å². The number of halogens is 2. The van der Waals surface area contributed by atoms with Gasteiger partial charge in [0.2, 0.25) is 0 Å². The molecular formula is C14H17BrClNO2. The van der Waals surface area contributed by atoms with E-state index in [2.05, 4.69) is 21.2 Å². The second-order valence-electron chi connectivity index (χ2n) is 5.18. The predicted octanol–water partition coefficient (Wildman–Crippen LogP) is 3.73. The number of nitrogens with one attached hydrogen (secondary N) is 1. The molecular weight excluding hydrogens is 330 g/mol. The topological polar surface area (TPSA) is 49.3 Å². The molecule has 1 fully saturated rings. The SMILES string of the molecule is O=C(NCC1(CBr)CCCC1)c1ccc(Cl)cc1O. The molecule has 1 amide bonds. The Hall–Kier alpha value is -0.740. The Labute approximate surface area is 126 Å². The van der Waals surface area contributed by atoms with Crippen molar-refractivity contribution in [3.63, 3.8) is 0 Å². The van der Waals surface area contributed by atoms with Crippen molar-refractivity contribution in [2.45, 2.75) is 25.7 Å². The zero-order chi connectivity index (χ0) is 13.9. The summed E-state index contributed by atoms with van der Waals surface area (Å²) in [7, 11) is 0. The molecule has 0 heterocycles. The van der Waals surface area contributed by atoms with Gasteiger partial charge in [0.15, 0.2) is 0 Å². The van der Waals surface area contributed by atoms with Gasteiger partial charge in [-0.15, -0.1) is 0 Å². The highest BCUT2D eigenvalue weighted by atomic mass is 79.9. The number of benzene rings is 1. The molecule has 0 atom stereocenters. The quantitative estimate of drug-likeness (QED) is 0.816. The van der Waals surface area contributed by atoms with E-state index in [-0.39, 0.29) is 22.6 Å². The number of hydrogen-bond donors (Lipinski definition) is 2. The summed E-state index contributed by atoms with van der Waals surface area (Å²) in [6, 6.07) is 4.53. The van der Waals surface area contributed by atoms with Crippen LogP contribution in [0.1, 0.15) is 36.0 Å². The van der Waals surface area contributed by atoms with Crippen molar-refractivity contribution in [2.24, 2.45) is 5.41 Å². The average molecular weight is 347 g/mol. The third-order valence-corrected chi connectivity index (χ3v) is 5.20. The fourth-order valence-corrected chi connectivity index (χ4v) is 3.47. The van der Waals surface area contributed by atoms with Gasteiger partial charge in [-0.1, -0.05) is 40.4 Å². The van der Waals surface area contributed by atoms with E-state index in [1.165, 1.54) is 18.9 Å². The number of rotatable bonds is 4. The van der Waals surface area contributed by atoms with Crippen molar-refractivity contribution >= 4 is 33.4 Å². The first-order chi connectivity index (χ1) is 9.06. The van der Waals surface area contributed by atoms with Crippen LogP contribution in [0.3, 0.4) is 0 Å². The Morgan fingerprint density at radius 2 is 2.11 bits per heavy atom. The summed E-state index contributed by atoms with van der Waals surface area (Å²) in [5.74, 6) is -0.328. The molecule has 19 heavy (non-hydrogen) atoms. The van der Waals surface area contributed by atoms with Crippen LogP contribution < -0.4 is 5.32 Å². The van der Waals surface area contributed by atoms with Crippen LogP contribution in [-0.2, 0) is 0 Å². The molecule has 1 saturated carbocycles. The van der Waals surface area contributed by atoms with Crippen LogP contribution in [0.4, 0.5) is 0 Å². The fourth-order valence-electron chi connectivity index (χ4n) is 2.54. The van der Waals surface area contributed by atoms with Gasteiger partial charge in [0.25, 0.3) is 5.91 Å². The van der Waals surface area contributed by atoms with Gasteiger partial charge in [-0.05, 0) is 36.5 Å². The molecule has 0 spiro atoms. The van der Waals surface area contributed by atoms with E-state index >= 15 is 0 Å². The smallest absolute Gasteiger partial charge is 0.255 e. The van der Waals surface area contributed by atoms with E-state index < -0.39 is 0 Å². The van der Waals surface area contributed by atoms with Gasteiger partial charge in [-0.3, -0.25) is 4.79 Å². The predicted molar refractivity (Wildman–Crippen MR) is 80.1 cm³/mol. The molecule has 2 rings (SSSR count). The van der Waals surface area contributed by atoms with E-state index in [4.69, 9.17) is 11.6 Å². The maximum atomic E-state index is 12.1. The number of carbonyl (C=O) groups is 1. The lowest BCUT2D eigenvalue weighted by Gasteiger charge is -2.26. The monoisotopic (exact) mass is 345 g/mol. The van der Waals surface area contributed by atoms with E-state index in [0.29, 0.717) is 11.6 Å². The van der Waals surface area contributed by atoms with Crippen LogP contribution in [0, 0.1) is 5.41 Å². The van der Waals surface area contributed by atoms with Gasteiger partial charge in [0, 0.05) is 16.9 Å². The standard InChI is InChI=1S/C14H17BrClNO2/c15-8-14(5-1-2-6-14)9-17-13(19)11-4-3-10(16)7-12(11)18/h3-4,7,18H,1-2,5-6,8-9H2,(H,17,19). The molecule has 0 aromatic heterocycles. The van der Waals surface area contributed by atoms with Crippen molar-refractivity contribution in [2.75, 3.05) is 11.9 Å². The first-order valence-corrected chi connectivity index (χ1v) is 7.89. The molecule has 1 aliphatic carbocycles. The molecule has 1 aromatic carbocycles. The number of phenolic OH excluding ortho intramolecular Hbond substituents is 1. The molecule has 0 bridgehead atoms. The summed E-state index contributed by atoms with van der Waals surface area (Å²) in [5, 5.41) is 14.0. The molecule has 0 radical (unpaired) electrons. The third-order valence-electron chi connectivity index (χ3n) is 3.78. The van der Waals surface area contributed by atoms with Crippen molar-refractivity contribution in [3.8, 4) is 5.75 Å². The highest BCUT2D eigenvalue weighted by Crippen LogP contribution is 2.39. The lowest BCUT2D eigenvalue weighted by Crippen LogP contribution is -2.37. The molecule has 104 valence electrons. The molecule has 1 aromatic rings. The van der Waals surface area contributed by atoms with Gasteiger partial charge in [-0.2, -0.15) is 0 Å². The Morgan fingerprint density at radius 3 is 2.68 bits per heavy atom. The van der Waals surface area contributed by atoms with Crippen LogP contribution in [0.15, 0.2) is 18.2 Å². The maximum absolute atomic E-state index is 12.1. The highest BCUT2D eigenvalue weighted by molar-refractivity contribution is 9.09.